The van der Waals surface area contributed by atoms with Gasteiger partial charge in [-0.25, -0.2) is 0 Å². The van der Waals surface area contributed by atoms with E-state index in [0.29, 0.717) is 17.7 Å². The van der Waals surface area contributed by atoms with Crippen molar-refractivity contribution < 1.29 is 9.59 Å². The Morgan fingerprint density at radius 1 is 1.12 bits per heavy atom. The van der Waals surface area contributed by atoms with Crippen LogP contribution >= 0.6 is 0 Å². The molecule has 0 saturated heterocycles. The van der Waals surface area contributed by atoms with Crippen molar-refractivity contribution in [2.24, 2.45) is 5.92 Å². The van der Waals surface area contributed by atoms with Crippen LogP contribution in [0.1, 0.15) is 40.9 Å². The van der Waals surface area contributed by atoms with Crippen molar-refractivity contribution in [1.29, 1.82) is 5.26 Å². The zero-order chi connectivity index (χ0) is 19.1. The van der Waals surface area contributed by atoms with E-state index in [2.05, 4.69) is 16.7 Å². The molecule has 1 atom stereocenters. The van der Waals surface area contributed by atoms with Gasteiger partial charge in [-0.2, -0.15) is 5.26 Å². The van der Waals surface area contributed by atoms with Gasteiger partial charge in [-0.05, 0) is 42.7 Å². The van der Waals surface area contributed by atoms with Gasteiger partial charge in [0, 0.05) is 12.1 Å². The molecule has 2 amide bonds. The maximum absolute atomic E-state index is 12.5. The lowest BCUT2D eigenvalue weighted by Crippen LogP contribution is -2.49. The van der Waals surface area contributed by atoms with Crippen LogP contribution in [0.15, 0.2) is 48.5 Å². The summed E-state index contributed by atoms with van der Waals surface area (Å²) in [5, 5.41) is 14.5. The number of amides is 2. The molecule has 26 heavy (non-hydrogen) atoms. The Kier molecular flexibility index (Phi) is 6.51. The SMILES string of the molecule is Cc1cccc(C(=O)NC(C(=O)NCc2ccc(C#N)cc2)C(C)C)c1. The second kappa shape index (κ2) is 8.82. The number of hydrogen-bond donors (Lipinski definition) is 2. The van der Waals surface area contributed by atoms with Crippen LogP contribution in [0.25, 0.3) is 0 Å². The first kappa shape index (κ1) is 19.2. The molecule has 0 aliphatic rings. The van der Waals surface area contributed by atoms with Crippen molar-refractivity contribution in [1.82, 2.24) is 10.6 Å². The minimum atomic E-state index is -0.624. The summed E-state index contributed by atoms with van der Waals surface area (Å²) in [6.07, 6.45) is 0. The molecule has 5 heteroatoms. The summed E-state index contributed by atoms with van der Waals surface area (Å²) in [7, 11) is 0. The summed E-state index contributed by atoms with van der Waals surface area (Å²) in [5.74, 6) is -0.545. The van der Waals surface area contributed by atoms with Gasteiger partial charge in [0.1, 0.15) is 6.04 Å². The van der Waals surface area contributed by atoms with Crippen molar-refractivity contribution >= 4 is 11.8 Å². The number of rotatable bonds is 6. The van der Waals surface area contributed by atoms with Gasteiger partial charge in [-0.1, -0.05) is 43.7 Å². The minimum absolute atomic E-state index is 0.0512. The number of hydrogen-bond acceptors (Lipinski definition) is 3. The molecule has 0 bridgehead atoms. The topological polar surface area (TPSA) is 82.0 Å². The third-order valence-corrected chi connectivity index (χ3v) is 4.07. The van der Waals surface area contributed by atoms with Gasteiger partial charge in [0.05, 0.1) is 11.6 Å². The Balaban J connectivity index is 2.00. The zero-order valence-electron chi connectivity index (χ0n) is 15.2. The third-order valence-electron chi connectivity index (χ3n) is 4.07. The van der Waals surface area contributed by atoms with Gasteiger partial charge in [0.15, 0.2) is 0 Å². The van der Waals surface area contributed by atoms with Gasteiger partial charge < -0.3 is 10.6 Å². The largest absolute Gasteiger partial charge is 0.350 e. The van der Waals surface area contributed by atoms with E-state index in [1.54, 1.807) is 36.4 Å². The highest BCUT2D eigenvalue weighted by Crippen LogP contribution is 2.08. The third kappa shape index (κ3) is 5.18. The smallest absolute Gasteiger partial charge is 0.251 e. The molecule has 1 unspecified atom stereocenters. The molecule has 2 rings (SSSR count). The molecule has 0 aliphatic carbocycles. The molecule has 2 aromatic rings. The average molecular weight is 349 g/mol. The first-order valence-corrected chi connectivity index (χ1v) is 8.55. The van der Waals surface area contributed by atoms with E-state index in [0.717, 1.165) is 11.1 Å². The van der Waals surface area contributed by atoms with E-state index in [1.165, 1.54) is 0 Å². The Morgan fingerprint density at radius 3 is 2.38 bits per heavy atom. The highest BCUT2D eigenvalue weighted by Gasteiger charge is 2.24. The quantitative estimate of drug-likeness (QED) is 0.841. The first-order valence-electron chi connectivity index (χ1n) is 8.55. The van der Waals surface area contributed by atoms with E-state index in [4.69, 9.17) is 5.26 Å². The standard InChI is InChI=1S/C21H23N3O2/c1-14(2)19(24-20(25)18-6-4-5-15(3)11-18)21(26)23-13-17-9-7-16(12-22)8-10-17/h4-11,14,19H,13H2,1-3H3,(H,23,26)(H,24,25). The van der Waals surface area contributed by atoms with Gasteiger partial charge in [0.25, 0.3) is 5.91 Å². The summed E-state index contributed by atoms with van der Waals surface area (Å²) in [4.78, 5) is 25.0. The fourth-order valence-corrected chi connectivity index (χ4v) is 2.54. The number of nitrogens with zero attached hydrogens (tertiary/aromatic N) is 1. The average Bonchev–Trinajstić information content (AvgIpc) is 2.64. The molecule has 0 radical (unpaired) electrons. The highest BCUT2D eigenvalue weighted by molar-refractivity contribution is 5.97. The zero-order valence-corrected chi connectivity index (χ0v) is 15.2. The lowest BCUT2D eigenvalue weighted by atomic mass is 10.0. The van der Waals surface area contributed by atoms with Crippen LogP contribution in [0.3, 0.4) is 0 Å². The van der Waals surface area contributed by atoms with Crippen LogP contribution in [0, 0.1) is 24.2 Å². The Hall–Kier alpha value is -3.13. The van der Waals surface area contributed by atoms with Crippen LogP contribution in [0.5, 0.6) is 0 Å². The number of benzene rings is 2. The lowest BCUT2D eigenvalue weighted by Gasteiger charge is -2.22. The second-order valence-corrected chi connectivity index (χ2v) is 6.59. The van der Waals surface area contributed by atoms with E-state index in [-0.39, 0.29) is 17.7 Å². The summed E-state index contributed by atoms with van der Waals surface area (Å²) >= 11 is 0. The van der Waals surface area contributed by atoms with Gasteiger partial charge in [-0.3, -0.25) is 9.59 Å². The monoisotopic (exact) mass is 349 g/mol. The number of aryl methyl sites for hydroxylation is 1. The predicted molar refractivity (Wildman–Crippen MR) is 100 cm³/mol. The van der Waals surface area contributed by atoms with Crippen LogP contribution in [0.2, 0.25) is 0 Å². The fraction of sp³-hybridized carbons (Fsp3) is 0.286. The number of nitrogens with one attached hydrogen (secondary N) is 2. The molecule has 0 fully saturated rings. The number of carbonyl (C=O) groups is 2. The van der Waals surface area contributed by atoms with Gasteiger partial charge >= 0.3 is 0 Å². The highest BCUT2D eigenvalue weighted by atomic mass is 16.2. The molecule has 5 nitrogen and oxygen atoms in total. The summed E-state index contributed by atoms with van der Waals surface area (Å²) < 4.78 is 0. The first-order chi connectivity index (χ1) is 12.4. The van der Waals surface area contributed by atoms with Crippen LogP contribution < -0.4 is 10.6 Å². The van der Waals surface area contributed by atoms with Crippen LogP contribution in [0.4, 0.5) is 0 Å². The predicted octanol–water partition coefficient (Wildman–Crippen LogP) is 2.94. The van der Waals surface area contributed by atoms with Gasteiger partial charge in [-0.15, -0.1) is 0 Å². The van der Waals surface area contributed by atoms with Crippen LogP contribution in [-0.4, -0.2) is 17.9 Å². The molecular formula is C21H23N3O2. The molecular weight excluding hydrogens is 326 g/mol. The molecule has 2 N–H and O–H groups in total. The number of carbonyl (C=O) groups excluding carboxylic acids is 2. The molecule has 0 aliphatic heterocycles. The summed E-state index contributed by atoms with van der Waals surface area (Å²) in [6.45, 7) is 6.04. The van der Waals surface area contributed by atoms with Crippen molar-refractivity contribution in [3.63, 3.8) is 0 Å². The Bertz CT molecular complexity index is 820. The molecule has 0 aromatic heterocycles. The summed E-state index contributed by atoms with van der Waals surface area (Å²) in [6, 6.07) is 15.7. The lowest BCUT2D eigenvalue weighted by molar-refractivity contribution is -0.124. The molecule has 2 aromatic carbocycles. The summed E-state index contributed by atoms with van der Waals surface area (Å²) in [5.41, 5.74) is 3.00. The van der Waals surface area contributed by atoms with Gasteiger partial charge in [0.2, 0.25) is 5.91 Å². The molecule has 0 heterocycles. The van der Waals surface area contributed by atoms with E-state index >= 15 is 0 Å². The van der Waals surface area contributed by atoms with Crippen molar-refractivity contribution in [2.75, 3.05) is 0 Å². The van der Waals surface area contributed by atoms with Crippen molar-refractivity contribution in [2.45, 2.75) is 33.4 Å². The second-order valence-electron chi connectivity index (χ2n) is 6.59. The van der Waals surface area contributed by atoms with Crippen molar-refractivity contribution in [3.05, 3.63) is 70.8 Å². The Labute approximate surface area is 154 Å². The van der Waals surface area contributed by atoms with Crippen molar-refractivity contribution in [3.8, 4) is 6.07 Å². The Morgan fingerprint density at radius 2 is 1.81 bits per heavy atom. The fourth-order valence-electron chi connectivity index (χ4n) is 2.54. The number of nitriles is 1. The minimum Gasteiger partial charge on any atom is -0.350 e. The molecule has 0 saturated carbocycles. The van der Waals surface area contributed by atoms with E-state index in [9.17, 15) is 9.59 Å². The molecule has 0 spiro atoms. The normalized spacial score (nSPS) is 11.5. The maximum Gasteiger partial charge on any atom is 0.251 e. The molecule has 134 valence electrons. The van der Waals surface area contributed by atoms with E-state index < -0.39 is 6.04 Å². The van der Waals surface area contributed by atoms with Crippen LogP contribution in [-0.2, 0) is 11.3 Å². The maximum atomic E-state index is 12.5. The van der Waals surface area contributed by atoms with E-state index in [1.807, 2.05) is 32.9 Å².